The number of aromatic nitrogens is 4. The number of thioether (sulfide) groups is 1. The minimum atomic E-state index is -0.527. The van der Waals surface area contributed by atoms with Gasteiger partial charge < -0.3 is 10.6 Å². The Labute approximate surface area is 210 Å². The first-order valence-electron chi connectivity index (χ1n) is 11.0. The van der Waals surface area contributed by atoms with Crippen molar-refractivity contribution in [3.63, 3.8) is 0 Å². The summed E-state index contributed by atoms with van der Waals surface area (Å²) in [5.74, 6) is -0.161. The van der Waals surface area contributed by atoms with E-state index in [0.29, 0.717) is 22.2 Å². The van der Waals surface area contributed by atoms with E-state index >= 15 is 0 Å². The van der Waals surface area contributed by atoms with Crippen molar-refractivity contribution < 1.29 is 9.59 Å². The van der Waals surface area contributed by atoms with Crippen molar-refractivity contribution in [2.45, 2.75) is 18.9 Å². The minimum absolute atomic E-state index is 0.0290. The molecule has 10 nitrogen and oxygen atoms in total. The van der Waals surface area contributed by atoms with Gasteiger partial charge in [-0.2, -0.15) is 0 Å². The van der Waals surface area contributed by atoms with E-state index in [2.05, 4.69) is 20.6 Å². The van der Waals surface area contributed by atoms with Crippen molar-refractivity contribution >= 4 is 46.0 Å². The Bertz CT molecular complexity index is 1610. The molecule has 11 heteroatoms. The van der Waals surface area contributed by atoms with Gasteiger partial charge in [0.2, 0.25) is 11.8 Å². The van der Waals surface area contributed by atoms with Gasteiger partial charge in [-0.25, -0.2) is 14.8 Å². The van der Waals surface area contributed by atoms with Crippen molar-refractivity contribution in [1.82, 2.24) is 19.1 Å². The van der Waals surface area contributed by atoms with E-state index in [1.165, 1.54) is 18.5 Å². The van der Waals surface area contributed by atoms with E-state index in [9.17, 15) is 19.2 Å². The van der Waals surface area contributed by atoms with Gasteiger partial charge in [0.1, 0.15) is 10.4 Å². The number of carbonyl (C=O) groups is 2. The first-order valence-corrected chi connectivity index (χ1v) is 12.0. The van der Waals surface area contributed by atoms with Gasteiger partial charge in [-0.15, -0.1) is 0 Å². The summed E-state index contributed by atoms with van der Waals surface area (Å²) in [5.41, 5.74) is 2.04. The summed E-state index contributed by atoms with van der Waals surface area (Å²) in [6.07, 6.45) is 0. The van der Waals surface area contributed by atoms with E-state index in [1.54, 1.807) is 31.3 Å². The van der Waals surface area contributed by atoms with Gasteiger partial charge in [-0.05, 0) is 36.8 Å². The molecule has 4 aromatic rings. The third-order valence-electron chi connectivity index (χ3n) is 5.48. The Balaban J connectivity index is 1.67. The van der Waals surface area contributed by atoms with E-state index in [4.69, 9.17) is 0 Å². The van der Waals surface area contributed by atoms with Crippen LogP contribution >= 0.6 is 11.8 Å². The molecule has 0 aliphatic heterocycles. The number of rotatable bonds is 6. The van der Waals surface area contributed by atoms with Crippen LogP contribution in [0, 0.1) is 6.92 Å². The van der Waals surface area contributed by atoms with Crippen molar-refractivity contribution in [1.29, 1.82) is 0 Å². The lowest BCUT2D eigenvalue weighted by atomic mass is 10.1. The summed E-state index contributed by atoms with van der Waals surface area (Å²) in [4.78, 5) is 58.6. The number of carbonyl (C=O) groups excluding carboxylic acids is 2. The van der Waals surface area contributed by atoms with Crippen LogP contribution in [0.4, 0.5) is 11.4 Å². The fraction of sp³-hybridized carbons (Fsp3) is 0.200. The highest BCUT2D eigenvalue weighted by molar-refractivity contribution is 8.00. The lowest BCUT2D eigenvalue weighted by Gasteiger charge is -2.13. The maximum atomic E-state index is 13.0. The zero-order chi connectivity index (χ0) is 26.0. The Kier molecular flexibility index (Phi) is 7.02. The fourth-order valence-electron chi connectivity index (χ4n) is 3.65. The quantitative estimate of drug-likeness (QED) is 0.305. The second-order valence-corrected chi connectivity index (χ2v) is 9.13. The van der Waals surface area contributed by atoms with Gasteiger partial charge in [0.05, 0.1) is 5.75 Å². The molecule has 0 bridgehead atoms. The van der Waals surface area contributed by atoms with Crippen molar-refractivity contribution in [2.24, 2.45) is 14.1 Å². The summed E-state index contributed by atoms with van der Waals surface area (Å²) in [7, 11) is 2.94. The number of anilines is 2. The van der Waals surface area contributed by atoms with Gasteiger partial charge in [0.15, 0.2) is 11.5 Å². The highest BCUT2D eigenvalue weighted by atomic mass is 32.2. The highest BCUT2D eigenvalue weighted by Gasteiger charge is 2.19. The average molecular weight is 505 g/mol. The molecule has 2 aromatic carbocycles. The minimum Gasteiger partial charge on any atom is -0.326 e. The van der Waals surface area contributed by atoms with Gasteiger partial charge in [-0.3, -0.25) is 23.5 Å². The summed E-state index contributed by atoms with van der Waals surface area (Å²) < 4.78 is 2.31. The third-order valence-corrected chi connectivity index (χ3v) is 6.46. The van der Waals surface area contributed by atoms with Crippen LogP contribution in [0.5, 0.6) is 0 Å². The molecule has 0 spiro atoms. The largest absolute Gasteiger partial charge is 0.332 e. The molecular formula is C25H24N6O4S. The van der Waals surface area contributed by atoms with Crippen LogP contribution in [-0.4, -0.2) is 36.7 Å². The Hall–Kier alpha value is -4.25. The third kappa shape index (κ3) is 5.05. The zero-order valence-corrected chi connectivity index (χ0v) is 21.0. The van der Waals surface area contributed by atoms with Crippen LogP contribution in [0.25, 0.3) is 22.4 Å². The van der Waals surface area contributed by atoms with Crippen LogP contribution < -0.4 is 21.9 Å². The number of hydrogen-bond donors (Lipinski definition) is 2. The number of hydrogen-bond acceptors (Lipinski definition) is 7. The summed E-state index contributed by atoms with van der Waals surface area (Å²) in [5, 5.41) is 5.94. The normalized spacial score (nSPS) is 10.9. The molecule has 0 radical (unpaired) electrons. The van der Waals surface area contributed by atoms with Crippen molar-refractivity contribution in [2.75, 3.05) is 16.4 Å². The number of nitrogens with zero attached hydrogens (tertiary/aromatic N) is 4. The molecule has 2 amide bonds. The molecule has 0 saturated carbocycles. The average Bonchev–Trinajstić information content (AvgIpc) is 2.85. The Morgan fingerprint density at radius 2 is 1.56 bits per heavy atom. The lowest BCUT2D eigenvalue weighted by Crippen LogP contribution is -2.37. The van der Waals surface area contributed by atoms with Crippen molar-refractivity contribution in [3.05, 3.63) is 74.9 Å². The molecule has 0 atom stereocenters. The predicted molar refractivity (Wildman–Crippen MR) is 140 cm³/mol. The predicted octanol–water partition coefficient (Wildman–Crippen LogP) is 2.69. The smallest absolute Gasteiger partial charge is 0.326 e. The first-order chi connectivity index (χ1) is 17.2. The molecule has 2 heterocycles. The topological polar surface area (TPSA) is 128 Å². The van der Waals surface area contributed by atoms with Gasteiger partial charge in [0.25, 0.3) is 5.56 Å². The molecule has 184 valence electrons. The van der Waals surface area contributed by atoms with E-state index in [0.717, 1.165) is 27.5 Å². The maximum absolute atomic E-state index is 13.0. The van der Waals surface area contributed by atoms with Crippen molar-refractivity contribution in [3.8, 4) is 11.4 Å². The van der Waals surface area contributed by atoms with Crippen LogP contribution in [0.15, 0.2) is 63.1 Å². The van der Waals surface area contributed by atoms with Gasteiger partial charge in [0, 0.05) is 38.0 Å². The number of fused-ring (bicyclic) bond motifs is 1. The fourth-order valence-corrected chi connectivity index (χ4v) is 4.46. The summed E-state index contributed by atoms with van der Waals surface area (Å²) >= 11 is 1.09. The molecule has 0 aliphatic rings. The molecule has 36 heavy (non-hydrogen) atoms. The maximum Gasteiger partial charge on any atom is 0.332 e. The van der Waals surface area contributed by atoms with E-state index in [-0.39, 0.29) is 28.6 Å². The molecule has 0 unspecified atom stereocenters. The van der Waals surface area contributed by atoms with Crippen LogP contribution in [0.2, 0.25) is 0 Å². The first kappa shape index (κ1) is 24.9. The lowest BCUT2D eigenvalue weighted by molar-refractivity contribution is -0.114. The number of aryl methyl sites for hydroxylation is 2. The molecular weight excluding hydrogens is 480 g/mol. The summed E-state index contributed by atoms with van der Waals surface area (Å²) in [6, 6.07) is 14.3. The van der Waals surface area contributed by atoms with E-state index < -0.39 is 11.2 Å². The van der Waals surface area contributed by atoms with Crippen LogP contribution in [0.3, 0.4) is 0 Å². The standard InChI is InChI=1S/C25H24N6O4S/c1-14-7-5-6-8-18(14)21-28-22-20(24(34)31(4)25(35)30(22)3)23(29-21)36-13-19(33)27-17-11-9-16(10-12-17)26-15(2)32/h5-12H,13H2,1-4H3,(H,26,32)(H,27,33). The number of nitrogens with one attached hydrogen (secondary N) is 2. The van der Waals surface area contributed by atoms with Crippen LogP contribution in [0.1, 0.15) is 12.5 Å². The van der Waals surface area contributed by atoms with Crippen LogP contribution in [-0.2, 0) is 23.7 Å². The number of amides is 2. The molecule has 0 aliphatic carbocycles. The Morgan fingerprint density at radius 3 is 2.19 bits per heavy atom. The van der Waals surface area contributed by atoms with Gasteiger partial charge in [-0.1, -0.05) is 36.0 Å². The molecule has 4 rings (SSSR count). The molecule has 0 saturated heterocycles. The van der Waals surface area contributed by atoms with E-state index in [1.807, 2.05) is 31.2 Å². The highest BCUT2D eigenvalue weighted by Crippen LogP contribution is 2.27. The Morgan fingerprint density at radius 1 is 0.917 bits per heavy atom. The molecule has 2 aromatic heterocycles. The SMILES string of the molecule is CC(=O)Nc1ccc(NC(=O)CSc2nc(-c3ccccc3C)nc3c2c(=O)n(C)c(=O)n3C)cc1. The molecule has 2 N–H and O–H groups in total. The van der Waals surface area contributed by atoms with Gasteiger partial charge >= 0.3 is 5.69 Å². The number of benzene rings is 2. The summed E-state index contributed by atoms with van der Waals surface area (Å²) in [6.45, 7) is 3.34. The second-order valence-electron chi connectivity index (χ2n) is 8.17. The second kappa shape index (κ2) is 10.2. The molecule has 0 fully saturated rings. The monoisotopic (exact) mass is 504 g/mol. The zero-order valence-electron chi connectivity index (χ0n) is 20.2.